The van der Waals surface area contributed by atoms with Gasteiger partial charge in [-0.3, -0.25) is 0 Å². The summed E-state index contributed by atoms with van der Waals surface area (Å²) in [5.74, 6) is -0.592. The van der Waals surface area contributed by atoms with Crippen LogP contribution in [0.15, 0.2) is 77.5 Å². The van der Waals surface area contributed by atoms with Crippen LogP contribution in [0.5, 0.6) is 0 Å². The predicted molar refractivity (Wildman–Crippen MR) is 112 cm³/mol. The molecule has 152 valence electrons. The predicted octanol–water partition coefficient (Wildman–Crippen LogP) is 4.91. The van der Waals surface area contributed by atoms with Gasteiger partial charge in [-0.25, -0.2) is 9.78 Å². The van der Waals surface area contributed by atoms with Gasteiger partial charge in [0.05, 0.1) is 37.5 Å². The molecule has 0 amide bonds. The number of hydrogen-bond donors (Lipinski definition) is 1. The van der Waals surface area contributed by atoms with Gasteiger partial charge in [0.15, 0.2) is 0 Å². The van der Waals surface area contributed by atoms with Gasteiger partial charge in [0.25, 0.3) is 0 Å². The molecule has 0 radical (unpaired) electrons. The molecule has 6 nitrogen and oxygen atoms in total. The lowest BCUT2D eigenvalue weighted by molar-refractivity contribution is 0.0660. The molecule has 2 aromatic carbocycles. The van der Waals surface area contributed by atoms with Crippen LogP contribution in [-0.4, -0.2) is 20.6 Å². The molecule has 0 atom stereocenters. The number of benzene rings is 2. The average molecular weight is 402 g/mol. The molecule has 6 heteroatoms. The van der Waals surface area contributed by atoms with Crippen LogP contribution in [0.2, 0.25) is 0 Å². The molecule has 0 saturated heterocycles. The molecule has 4 rings (SSSR count). The first-order valence-corrected chi connectivity index (χ1v) is 9.65. The molecule has 4 aromatic rings. The number of aryl methyl sites for hydroxylation is 1. The zero-order valence-electron chi connectivity index (χ0n) is 16.6. The van der Waals surface area contributed by atoms with Crippen molar-refractivity contribution in [1.29, 1.82) is 0 Å². The zero-order valence-corrected chi connectivity index (χ0v) is 16.6. The first-order valence-electron chi connectivity index (χ1n) is 9.65. The van der Waals surface area contributed by atoms with Gasteiger partial charge in [0.1, 0.15) is 5.76 Å². The highest BCUT2D eigenvalue weighted by molar-refractivity contribution is 5.84. The Balaban J connectivity index is 1.37. The number of aromatic carboxylic acids is 1. The molecule has 30 heavy (non-hydrogen) atoms. The maximum absolute atomic E-state index is 11.0. The molecule has 0 aliphatic carbocycles. The van der Waals surface area contributed by atoms with Gasteiger partial charge in [0, 0.05) is 0 Å². The van der Waals surface area contributed by atoms with Crippen molar-refractivity contribution in [1.82, 2.24) is 9.55 Å². The number of imidazole rings is 1. The first kappa shape index (κ1) is 19.7. The van der Waals surface area contributed by atoms with Gasteiger partial charge < -0.3 is 18.8 Å². The van der Waals surface area contributed by atoms with E-state index in [2.05, 4.69) is 41.4 Å². The van der Waals surface area contributed by atoms with Crippen molar-refractivity contribution in [2.24, 2.45) is 0 Å². The Morgan fingerprint density at radius 3 is 2.43 bits per heavy atom. The maximum atomic E-state index is 11.0. The second-order valence-electron chi connectivity index (χ2n) is 7.03. The number of aromatic nitrogens is 2. The fourth-order valence-electron chi connectivity index (χ4n) is 3.27. The van der Waals surface area contributed by atoms with E-state index in [1.54, 1.807) is 12.4 Å². The summed E-state index contributed by atoms with van der Waals surface area (Å²) in [6, 6.07) is 21.7. The molecule has 1 N–H and O–H groups in total. The van der Waals surface area contributed by atoms with E-state index < -0.39 is 5.97 Å². The summed E-state index contributed by atoms with van der Waals surface area (Å²) in [7, 11) is 0. The molecular weight excluding hydrogens is 380 g/mol. The van der Waals surface area contributed by atoms with Gasteiger partial charge in [-0.2, -0.15) is 0 Å². The SMILES string of the molecule is Cc1ncn(Cc2ccc(C(=O)O)o2)c1COCc1ccc(-c2ccccc2)cc1. The third-order valence-corrected chi connectivity index (χ3v) is 4.92. The van der Waals surface area contributed by atoms with Crippen LogP contribution in [0.3, 0.4) is 0 Å². The van der Waals surface area contributed by atoms with Crippen LogP contribution in [0.1, 0.15) is 33.3 Å². The Morgan fingerprint density at radius 2 is 1.73 bits per heavy atom. The van der Waals surface area contributed by atoms with Crippen LogP contribution < -0.4 is 0 Å². The molecule has 0 spiro atoms. The minimum Gasteiger partial charge on any atom is -0.475 e. The number of carboxylic acids is 1. The van der Waals surface area contributed by atoms with Crippen LogP contribution in [0.4, 0.5) is 0 Å². The third-order valence-electron chi connectivity index (χ3n) is 4.92. The molecule has 0 aliphatic rings. The lowest BCUT2D eigenvalue weighted by atomic mass is 10.0. The lowest BCUT2D eigenvalue weighted by Gasteiger charge is -2.10. The summed E-state index contributed by atoms with van der Waals surface area (Å²) in [5.41, 5.74) is 5.26. The Hall–Kier alpha value is -3.64. The Morgan fingerprint density at radius 1 is 1.00 bits per heavy atom. The van der Waals surface area contributed by atoms with E-state index in [1.807, 2.05) is 29.7 Å². The van der Waals surface area contributed by atoms with E-state index in [-0.39, 0.29) is 5.76 Å². The van der Waals surface area contributed by atoms with Crippen LogP contribution >= 0.6 is 0 Å². The van der Waals surface area contributed by atoms with Crippen molar-refractivity contribution in [3.63, 3.8) is 0 Å². The van der Waals surface area contributed by atoms with Crippen molar-refractivity contribution >= 4 is 5.97 Å². The molecule has 0 fully saturated rings. The van der Waals surface area contributed by atoms with E-state index in [4.69, 9.17) is 14.3 Å². The molecule has 2 heterocycles. The maximum Gasteiger partial charge on any atom is 0.371 e. The monoisotopic (exact) mass is 402 g/mol. The van der Waals surface area contributed by atoms with Gasteiger partial charge in [-0.05, 0) is 35.7 Å². The van der Waals surface area contributed by atoms with Crippen molar-refractivity contribution < 1.29 is 19.1 Å². The highest BCUT2D eigenvalue weighted by atomic mass is 16.5. The topological polar surface area (TPSA) is 77.5 Å². The van der Waals surface area contributed by atoms with Crippen molar-refractivity contribution in [2.75, 3.05) is 0 Å². The largest absolute Gasteiger partial charge is 0.475 e. The Labute approximate surface area is 174 Å². The summed E-state index contributed by atoms with van der Waals surface area (Å²) in [6.45, 7) is 3.22. The fourth-order valence-corrected chi connectivity index (χ4v) is 3.27. The van der Waals surface area contributed by atoms with Gasteiger partial charge in [0.2, 0.25) is 5.76 Å². The highest BCUT2D eigenvalue weighted by Crippen LogP contribution is 2.20. The first-order chi connectivity index (χ1) is 14.6. The van der Waals surface area contributed by atoms with Crippen molar-refractivity contribution in [2.45, 2.75) is 26.7 Å². The van der Waals surface area contributed by atoms with Crippen LogP contribution in [0.25, 0.3) is 11.1 Å². The second-order valence-corrected chi connectivity index (χ2v) is 7.03. The smallest absolute Gasteiger partial charge is 0.371 e. The van der Waals surface area contributed by atoms with Crippen LogP contribution in [0, 0.1) is 6.92 Å². The summed E-state index contributed by atoms with van der Waals surface area (Å²) in [5, 5.41) is 9.00. The van der Waals surface area contributed by atoms with Gasteiger partial charge in [-0.15, -0.1) is 0 Å². The van der Waals surface area contributed by atoms with Crippen LogP contribution in [-0.2, 0) is 24.5 Å². The quantitative estimate of drug-likeness (QED) is 0.453. The highest BCUT2D eigenvalue weighted by Gasteiger charge is 2.13. The normalized spacial score (nSPS) is 11.0. The number of carbonyl (C=O) groups is 1. The van der Waals surface area contributed by atoms with Gasteiger partial charge >= 0.3 is 5.97 Å². The average Bonchev–Trinajstić information content (AvgIpc) is 3.37. The molecule has 0 aliphatic heterocycles. The molecule has 2 aromatic heterocycles. The van der Waals surface area contributed by atoms with E-state index in [1.165, 1.54) is 17.2 Å². The molecule has 0 saturated carbocycles. The van der Waals surface area contributed by atoms with E-state index in [0.717, 1.165) is 17.0 Å². The number of furan rings is 1. The van der Waals surface area contributed by atoms with E-state index in [0.29, 0.717) is 25.5 Å². The van der Waals surface area contributed by atoms with Crippen molar-refractivity contribution in [3.05, 3.63) is 102 Å². The standard InChI is InChI=1S/C24H22N2O4/c1-17-22(26(16-25-17)13-21-11-12-23(30-21)24(27)28)15-29-14-18-7-9-20(10-8-18)19-5-3-2-4-6-19/h2-12,16H,13-15H2,1H3,(H,27,28). The summed E-state index contributed by atoms with van der Waals surface area (Å²) in [4.78, 5) is 15.3. The third kappa shape index (κ3) is 4.50. The molecular formula is C24H22N2O4. The minimum absolute atomic E-state index is 0.0708. The minimum atomic E-state index is -1.08. The van der Waals surface area contributed by atoms with E-state index >= 15 is 0 Å². The number of ether oxygens (including phenoxy) is 1. The second kappa shape index (κ2) is 8.80. The number of nitrogens with zero attached hydrogens (tertiary/aromatic N) is 2. The Bertz CT molecular complexity index is 1130. The van der Waals surface area contributed by atoms with Crippen molar-refractivity contribution in [3.8, 4) is 11.1 Å². The lowest BCUT2D eigenvalue weighted by Crippen LogP contribution is -2.06. The Kier molecular flexibility index (Phi) is 5.77. The van der Waals surface area contributed by atoms with Gasteiger partial charge in [-0.1, -0.05) is 54.6 Å². The number of rotatable bonds is 8. The fraction of sp³-hybridized carbons (Fsp3) is 0.167. The summed E-state index contributed by atoms with van der Waals surface area (Å²) in [6.07, 6.45) is 1.71. The number of carboxylic acid groups (broad SMARTS) is 1. The summed E-state index contributed by atoms with van der Waals surface area (Å²) >= 11 is 0. The molecule has 0 unspecified atom stereocenters. The zero-order chi connectivity index (χ0) is 20.9. The number of hydrogen-bond acceptors (Lipinski definition) is 4. The summed E-state index contributed by atoms with van der Waals surface area (Å²) < 4.78 is 13.2. The molecule has 0 bridgehead atoms. The van der Waals surface area contributed by atoms with E-state index in [9.17, 15) is 4.79 Å².